The fourth-order valence-corrected chi connectivity index (χ4v) is 3.20. The number of aryl methyl sites for hydroxylation is 2. The molecule has 0 amide bonds. The number of likely N-dealkylation sites (tertiary alicyclic amines) is 1. The normalized spacial score (nSPS) is 15.5. The second-order valence-electron chi connectivity index (χ2n) is 6.44. The van der Waals surface area contributed by atoms with Crippen molar-refractivity contribution in [2.24, 2.45) is 0 Å². The highest BCUT2D eigenvalue weighted by Crippen LogP contribution is 2.12. The molecule has 0 atom stereocenters. The summed E-state index contributed by atoms with van der Waals surface area (Å²) in [5, 5.41) is 0. The Bertz CT molecular complexity index is 612. The van der Waals surface area contributed by atoms with E-state index >= 15 is 0 Å². The molecular formula is C21H25NO. The minimum Gasteiger partial charge on any atom is -0.296 e. The van der Waals surface area contributed by atoms with E-state index in [1.54, 1.807) is 0 Å². The largest absolute Gasteiger partial charge is 0.296 e. The molecule has 23 heavy (non-hydrogen) atoms. The number of benzene rings is 2. The van der Waals surface area contributed by atoms with Gasteiger partial charge in [0, 0.05) is 5.56 Å². The molecule has 2 aromatic carbocycles. The Hall–Kier alpha value is -1.93. The lowest BCUT2D eigenvalue weighted by Crippen LogP contribution is -2.34. The molecule has 0 N–H and O–H groups in total. The van der Waals surface area contributed by atoms with E-state index in [0.29, 0.717) is 6.54 Å². The first-order chi connectivity index (χ1) is 11.3. The van der Waals surface area contributed by atoms with Crippen molar-refractivity contribution in [2.75, 3.05) is 19.6 Å². The number of Topliss-reactive ketones (excluding diaryl/α,β-unsaturated/α-hetero) is 1. The SMILES string of the molecule is O=C(CN1CCCCC1)c1ccc(CCc2ccccc2)cc1. The Labute approximate surface area is 139 Å². The molecule has 2 nitrogen and oxygen atoms in total. The maximum absolute atomic E-state index is 12.4. The third-order valence-corrected chi connectivity index (χ3v) is 4.64. The first-order valence-electron chi connectivity index (χ1n) is 8.70. The van der Waals surface area contributed by atoms with Gasteiger partial charge in [0.05, 0.1) is 6.54 Å². The van der Waals surface area contributed by atoms with Gasteiger partial charge in [-0.15, -0.1) is 0 Å². The van der Waals surface area contributed by atoms with Crippen molar-refractivity contribution in [1.29, 1.82) is 0 Å². The van der Waals surface area contributed by atoms with E-state index in [-0.39, 0.29) is 5.78 Å². The summed E-state index contributed by atoms with van der Waals surface area (Å²) in [7, 11) is 0. The zero-order chi connectivity index (χ0) is 15.9. The van der Waals surface area contributed by atoms with Crippen LogP contribution in [0.3, 0.4) is 0 Å². The maximum atomic E-state index is 12.4. The first-order valence-corrected chi connectivity index (χ1v) is 8.70. The van der Waals surface area contributed by atoms with Gasteiger partial charge in [-0.25, -0.2) is 0 Å². The molecule has 1 aliphatic rings. The van der Waals surface area contributed by atoms with Gasteiger partial charge >= 0.3 is 0 Å². The highest BCUT2D eigenvalue weighted by Gasteiger charge is 2.14. The second-order valence-corrected chi connectivity index (χ2v) is 6.44. The molecule has 0 radical (unpaired) electrons. The molecule has 1 fully saturated rings. The predicted octanol–water partition coefficient (Wildman–Crippen LogP) is 4.14. The summed E-state index contributed by atoms with van der Waals surface area (Å²) in [5.41, 5.74) is 3.50. The molecule has 0 saturated carbocycles. The van der Waals surface area contributed by atoms with Gasteiger partial charge in [-0.3, -0.25) is 9.69 Å². The van der Waals surface area contributed by atoms with E-state index in [9.17, 15) is 4.79 Å². The van der Waals surface area contributed by atoms with Crippen LogP contribution in [0.15, 0.2) is 54.6 Å². The van der Waals surface area contributed by atoms with Crippen LogP contribution < -0.4 is 0 Å². The summed E-state index contributed by atoms with van der Waals surface area (Å²) in [5.74, 6) is 0.251. The number of rotatable bonds is 6. The predicted molar refractivity (Wildman–Crippen MR) is 94.9 cm³/mol. The van der Waals surface area contributed by atoms with E-state index in [1.807, 2.05) is 18.2 Å². The zero-order valence-electron chi connectivity index (χ0n) is 13.7. The van der Waals surface area contributed by atoms with Crippen LogP contribution in [0.2, 0.25) is 0 Å². The van der Waals surface area contributed by atoms with Crippen LogP contribution in [0.1, 0.15) is 40.7 Å². The van der Waals surface area contributed by atoms with E-state index in [2.05, 4.69) is 41.3 Å². The van der Waals surface area contributed by atoms with Crippen molar-refractivity contribution in [3.05, 3.63) is 71.3 Å². The van der Waals surface area contributed by atoms with Crippen LogP contribution >= 0.6 is 0 Å². The number of carbonyl (C=O) groups is 1. The number of hydrogen-bond acceptors (Lipinski definition) is 2. The summed E-state index contributed by atoms with van der Waals surface area (Å²) in [6, 6.07) is 18.7. The number of ketones is 1. The molecule has 120 valence electrons. The molecule has 0 spiro atoms. The van der Waals surface area contributed by atoms with Crippen LogP contribution in [-0.2, 0) is 12.8 Å². The summed E-state index contributed by atoms with van der Waals surface area (Å²) in [6.07, 6.45) is 5.82. The van der Waals surface area contributed by atoms with E-state index < -0.39 is 0 Å². The average Bonchev–Trinajstić information content (AvgIpc) is 2.62. The topological polar surface area (TPSA) is 20.3 Å². The molecule has 1 saturated heterocycles. The van der Waals surface area contributed by atoms with Crippen molar-refractivity contribution in [3.63, 3.8) is 0 Å². The fourth-order valence-electron chi connectivity index (χ4n) is 3.20. The zero-order valence-corrected chi connectivity index (χ0v) is 13.7. The van der Waals surface area contributed by atoms with E-state index in [0.717, 1.165) is 31.5 Å². The summed E-state index contributed by atoms with van der Waals surface area (Å²) >= 11 is 0. The third kappa shape index (κ3) is 4.77. The highest BCUT2D eigenvalue weighted by molar-refractivity contribution is 5.97. The van der Waals surface area contributed by atoms with Crippen molar-refractivity contribution in [3.8, 4) is 0 Å². The van der Waals surface area contributed by atoms with E-state index in [4.69, 9.17) is 0 Å². The van der Waals surface area contributed by atoms with Gasteiger partial charge in [-0.2, -0.15) is 0 Å². The van der Waals surface area contributed by atoms with Crippen LogP contribution in [0.5, 0.6) is 0 Å². The molecule has 1 aliphatic heterocycles. The van der Waals surface area contributed by atoms with Crippen LogP contribution in [0, 0.1) is 0 Å². The number of nitrogens with zero attached hydrogens (tertiary/aromatic N) is 1. The van der Waals surface area contributed by atoms with Crippen molar-refractivity contribution >= 4 is 5.78 Å². The van der Waals surface area contributed by atoms with Gasteiger partial charge in [0.25, 0.3) is 0 Å². The Kier molecular flexibility index (Phi) is 5.60. The number of carbonyl (C=O) groups excluding carboxylic acids is 1. The van der Waals surface area contributed by atoms with Crippen LogP contribution in [0.4, 0.5) is 0 Å². The monoisotopic (exact) mass is 307 g/mol. The molecule has 2 heteroatoms. The Morgan fingerprint density at radius 3 is 2.04 bits per heavy atom. The molecular weight excluding hydrogens is 282 g/mol. The lowest BCUT2D eigenvalue weighted by atomic mass is 10.0. The first kappa shape index (κ1) is 15.9. The Morgan fingerprint density at radius 1 is 0.783 bits per heavy atom. The third-order valence-electron chi connectivity index (χ3n) is 4.64. The van der Waals surface area contributed by atoms with Crippen molar-refractivity contribution in [2.45, 2.75) is 32.1 Å². The molecule has 0 aromatic heterocycles. The van der Waals surface area contributed by atoms with Crippen LogP contribution in [-0.4, -0.2) is 30.3 Å². The molecule has 0 unspecified atom stereocenters. The molecule has 1 heterocycles. The lowest BCUT2D eigenvalue weighted by molar-refractivity contribution is 0.0915. The quantitative estimate of drug-likeness (QED) is 0.748. The van der Waals surface area contributed by atoms with Gasteiger partial charge in [-0.05, 0) is 49.9 Å². The van der Waals surface area contributed by atoms with Crippen molar-refractivity contribution in [1.82, 2.24) is 4.90 Å². The van der Waals surface area contributed by atoms with Gasteiger partial charge < -0.3 is 0 Å². The minimum atomic E-state index is 0.251. The molecule has 2 aromatic rings. The Balaban J connectivity index is 1.52. The molecule has 0 bridgehead atoms. The van der Waals surface area contributed by atoms with Crippen molar-refractivity contribution < 1.29 is 4.79 Å². The number of piperidine rings is 1. The average molecular weight is 307 g/mol. The minimum absolute atomic E-state index is 0.251. The van der Waals surface area contributed by atoms with E-state index in [1.165, 1.54) is 30.4 Å². The van der Waals surface area contributed by atoms with Gasteiger partial charge in [0.1, 0.15) is 0 Å². The number of hydrogen-bond donors (Lipinski definition) is 0. The standard InChI is InChI=1S/C21H25NO/c23-21(17-22-15-5-2-6-16-22)20-13-11-19(12-14-20)10-9-18-7-3-1-4-8-18/h1,3-4,7-8,11-14H,2,5-6,9-10,15-17H2. The van der Waals surface area contributed by atoms with Gasteiger partial charge in [-0.1, -0.05) is 61.0 Å². The molecule has 3 rings (SSSR count). The van der Waals surface area contributed by atoms with Crippen LogP contribution in [0.25, 0.3) is 0 Å². The summed E-state index contributed by atoms with van der Waals surface area (Å²) in [6.45, 7) is 2.71. The lowest BCUT2D eigenvalue weighted by Gasteiger charge is -2.25. The maximum Gasteiger partial charge on any atom is 0.176 e. The smallest absolute Gasteiger partial charge is 0.176 e. The molecule has 0 aliphatic carbocycles. The Morgan fingerprint density at radius 2 is 1.39 bits per heavy atom. The van der Waals surface area contributed by atoms with Gasteiger partial charge in [0.15, 0.2) is 5.78 Å². The fraction of sp³-hybridized carbons (Fsp3) is 0.381. The van der Waals surface area contributed by atoms with Gasteiger partial charge in [0.2, 0.25) is 0 Å². The summed E-state index contributed by atoms with van der Waals surface area (Å²) < 4.78 is 0. The summed E-state index contributed by atoms with van der Waals surface area (Å²) in [4.78, 5) is 14.6. The highest BCUT2D eigenvalue weighted by atomic mass is 16.1. The second kappa shape index (κ2) is 8.07.